The first-order chi connectivity index (χ1) is 32.2. The fraction of sp³-hybridized carbons (Fsp3) is 0.367. The molecule has 334 valence electrons. The van der Waals surface area contributed by atoms with Gasteiger partial charge in [0.15, 0.2) is 12.3 Å². The second-order valence-electron chi connectivity index (χ2n) is 20.8. The topological polar surface area (TPSA) is 58.2 Å². The van der Waals surface area contributed by atoms with Gasteiger partial charge in [-0.15, -0.1) is 0 Å². The largest absolute Gasteiger partial charge is 0.383 e. The van der Waals surface area contributed by atoms with Gasteiger partial charge in [0.1, 0.15) is 5.60 Å². The molecule has 0 unspecified atom stereocenters. The lowest BCUT2D eigenvalue weighted by Crippen LogP contribution is -2.60. The van der Waals surface area contributed by atoms with Crippen LogP contribution in [0.5, 0.6) is 0 Å². The standard InChI is InChI=1S/C60H62N3O3/c1-57-33-34-60(65-35-36-66-60)40-48(57)25-28-50-51(57)29-31-58(2)52(50)30-32-59(58,64)41-62-54(44-17-9-4-10-18-44)37-47(38-55(62)45-19-11-5-12-20-45)42-23-26-49(27-24-42)63-56(46-21-13-6-14-22-46)39-53(61-63)43-15-7-3-8-16-43/h3-27,37-38,50-52,56,64H,28-36,39-41H2,1-2H3/q+1/t50-,51+,52+,56-,57-,58-,59+/m0/s1. The summed E-state index contributed by atoms with van der Waals surface area (Å²) in [5.74, 6) is 1.26. The van der Waals surface area contributed by atoms with Gasteiger partial charge < -0.3 is 14.6 Å². The van der Waals surface area contributed by atoms with Gasteiger partial charge in [-0.2, -0.15) is 9.67 Å². The van der Waals surface area contributed by atoms with E-state index in [0.717, 1.165) is 103 Å². The zero-order valence-electron chi connectivity index (χ0n) is 38.5. The van der Waals surface area contributed by atoms with Gasteiger partial charge in [0, 0.05) is 47.9 Å². The van der Waals surface area contributed by atoms with Crippen LogP contribution in [0.25, 0.3) is 33.6 Å². The van der Waals surface area contributed by atoms with Crippen LogP contribution in [0.4, 0.5) is 5.69 Å². The first-order valence-corrected chi connectivity index (χ1v) is 24.7. The molecule has 4 fully saturated rings. The van der Waals surface area contributed by atoms with Crippen LogP contribution < -0.4 is 9.58 Å². The highest BCUT2D eigenvalue weighted by Crippen LogP contribution is 2.68. The van der Waals surface area contributed by atoms with Crippen LogP contribution in [0.1, 0.15) is 88.8 Å². The molecular formula is C60H62N3O3+. The molecule has 66 heavy (non-hydrogen) atoms. The summed E-state index contributed by atoms with van der Waals surface area (Å²) in [7, 11) is 0. The number of ether oxygens (including phenoxy) is 2. The highest BCUT2D eigenvalue weighted by atomic mass is 16.7. The van der Waals surface area contributed by atoms with Gasteiger partial charge in [-0.3, -0.25) is 5.01 Å². The zero-order chi connectivity index (χ0) is 44.5. The molecule has 0 bridgehead atoms. The lowest BCUT2D eigenvalue weighted by molar-refractivity contribution is -0.692. The van der Waals surface area contributed by atoms with Crippen molar-refractivity contribution in [3.05, 3.63) is 181 Å². The number of fused-ring (bicyclic) bond motifs is 5. The van der Waals surface area contributed by atoms with Gasteiger partial charge in [-0.1, -0.05) is 135 Å². The number of hydrogen-bond acceptors (Lipinski definition) is 5. The molecule has 6 aliphatic rings. The zero-order valence-corrected chi connectivity index (χ0v) is 38.5. The van der Waals surface area contributed by atoms with Crippen molar-refractivity contribution in [2.24, 2.45) is 33.7 Å². The Kier molecular flexibility index (Phi) is 10.3. The number of aliphatic hydroxyl groups is 1. The number of pyridine rings is 1. The average Bonchev–Trinajstić information content (AvgIpc) is 4.09. The Morgan fingerprint density at radius 1 is 0.636 bits per heavy atom. The molecule has 3 saturated carbocycles. The first kappa shape index (κ1) is 41.7. The van der Waals surface area contributed by atoms with Crippen LogP contribution in [-0.2, 0) is 16.0 Å². The Morgan fingerprint density at radius 3 is 1.86 bits per heavy atom. The van der Waals surface area contributed by atoms with Gasteiger partial charge in [0.25, 0.3) is 0 Å². The van der Waals surface area contributed by atoms with E-state index in [4.69, 9.17) is 14.6 Å². The minimum atomic E-state index is -0.874. The van der Waals surface area contributed by atoms with Crippen molar-refractivity contribution in [2.45, 2.75) is 95.6 Å². The molecule has 1 saturated heterocycles. The molecule has 0 amide bonds. The molecule has 2 aliphatic heterocycles. The van der Waals surface area contributed by atoms with E-state index in [0.29, 0.717) is 37.5 Å². The Morgan fingerprint density at radius 2 is 1.23 bits per heavy atom. The van der Waals surface area contributed by atoms with Crippen molar-refractivity contribution in [1.29, 1.82) is 0 Å². The molecule has 3 heterocycles. The van der Waals surface area contributed by atoms with E-state index >= 15 is 0 Å². The smallest absolute Gasteiger partial charge is 0.213 e. The molecule has 12 rings (SSSR count). The van der Waals surface area contributed by atoms with Crippen molar-refractivity contribution < 1.29 is 19.1 Å². The summed E-state index contributed by atoms with van der Waals surface area (Å²) in [5.41, 5.74) is 12.1. The van der Waals surface area contributed by atoms with Gasteiger partial charge in [0.05, 0.1) is 30.7 Å². The lowest BCUT2D eigenvalue weighted by Gasteiger charge is -2.59. The maximum Gasteiger partial charge on any atom is 0.213 e. The Hall–Kier alpha value is -5.66. The molecular weight excluding hydrogens is 811 g/mol. The molecule has 1 spiro atoms. The van der Waals surface area contributed by atoms with Crippen molar-refractivity contribution in [3.63, 3.8) is 0 Å². The van der Waals surface area contributed by atoms with Crippen LogP contribution >= 0.6 is 0 Å². The SMILES string of the molecule is C[C@]12CCC3(CC1=CC[C@H]1[C@H]2CC[C@@]2(C)[C@@H]1CC[C@@]2(O)C[n+]1c(-c2ccccc2)cc(-c2ccc(N4N=C(c5ccccc5)C[C@H]4c4ccccc4)cc2)cc1-c1ccccc1)OCCO3. The van der Waals surface area contributed by atoms with Crippen LogP contribution in [0.2, 0.25) is 0 Å². The van der Waals surface area contributed by atoms with E-state index in [1.54, 1.807) is 5.57 Å². The third-order valence-electron chi connectivity index (χ3n) is 17.6. The Bertz CT molecular complexity index is 2730. The Labute approximate surface area is 390 Å². The molecule has 6 nitrogen and oxygen atoms in total. The van der Waals surface area contributed by atoms with Crippen LogP contribution in [0.15, 0.2) is 174 Å². The van der Waals surface area contributed by atoms with E-state index in [9.17, 15) is 5.11 Å². The van der Waals surface area contributed by atoms with Gasteiger partial charge >= 0.3 is 0 Å². The highest BCUT2D eigenvalue weighted by molar-refractivity contribution is 6.03. The molecule has 7 atom stereocenters. The third-order valence-corrected chi connectivity index (χ3v) is 17.6. The number of hydrazone groups is 1. The maximum atomic E-state index is 13.5. The van der Waals surface area contributed by atoms with E-state index in [1.807, 2.05) is 0 Å². The number of nitrogens with zero attached hydrogens (tertiary/aromatic N) is 3. The average molecular weight is 873 g/mol. The van der Waals surface area contributed by atoms with Crippen molar-refractivity contribution in [3.8, 4) is 33.6 Å². The minimum Gasteiger partial charge on any atom is -0.383 e. The predicted octanol–water partition coefficient (Wildman–Crippen LogP) is 12.8. The molecule has 5 aromatic carbocycles. The normalized spacial score (nSPS) is 29.8. The third kappa shape index (κ3) is 6.93. The number of anilines is 1. The van der Waals surface area contributed by atoms with Crippen molar-refractivity contribution >= 4 is 11.4 Å². The van der Waals surface area contributed by atoms with Crippen LogP contribution in [0.3, 0.4) is 0 Å². The van der Waals surface area contributed by atoms with Crippen LogP contribution in [-0.4, -0.2) is 35.4 Å². The van der Waals surface area contributed by atoms with E-state index in [2.05, 4.69) is 187 Å². The van der Waals surface area contributed by atoms with Gasteiger partial charge in [0.2, 0.25) is 11.4 Å². The summed E-state index contributed by atoms with van der Waals surface area (Å²) in [5, 5.41) is 21.0. The second-order valence-corrected chi connectivity index (χ2v) is 20.8. The summed E-state index contributed by atoms with van der Waals surface area (Å²) in [6, 6.07) is 56.8. The van der Waals surface area contributed by atoms with Gasteiger partial charge in [-0.05, 0) is 120 Å². The summed E-state index contributed by atoms with van der Waals surface area (Å²) in [6.45, 7) is 6.96. The molecule has 1 aromatic heterocycles. The summed E-state index contributed by atoms with van der Waals surface area (Å²) in [6.07, 6.45) is 11.6. The van der Waals surface area contributed by atoms with Crippen LogP contribution in [0, 0.1) is 28.6 Å². The fourth-order valence-corrected chi connectivity index (χ4v) is 13.9. The number of aromatic nitrogens is 1. The van der Waals surface area contributed by atoms with E-state index in [-0.39, 0.29) is 16.9 Å². The lowest BCUT2D eigenvalue weighted by atomic mass is 9.46. The highest BCUT2D eigenvalue weighted by Gasteiger charge is 2.66. The van der Waals surface area contributed by atoms with E-state index in [1.165, 1.54) is 11.1 Å². The van der Waals surface area contributed by atoms with Crippen molar-refractivity contribution in [1.82, 2.24) is 0 Å². The molecule has 1 N–H and O–H groups in total. The number of rotatable bonds is 8. The second kappa shape index (κ2) is 16.3. The van der Waals surface area contributed by atoms with Gasteiger partial charge in [-0.25, -0.2) is 0 Å². The summed E-state index contributed by atoms with van der Waals surface area (Å²) >= 11 is 0. The maximum absolute atomic E-state index is 13.5. The molecule has 4 aliphatic carbocycles. The van der Waals surface area contributed by atoms with Crippen molar-refractivity contribution in [2.75, 3.05) is 18.2 Å². The monoisotopic (exact) mass is 872 g/mol. The summed E-state index contributed by atoms with van der Waals surface area (Å²) in [4.78, 5) is 0. The van der Waals surface area contributed by atoms with E-state index < -0.39 is 11.4 Å². The Balaban J connectivity index is 0.904. The molecule has 6 heteroatoms. The minimum absolute atomic E-state index is 0.104. The summed E-state index contributed by atoms with van der Waals surface area (Å²) < 4.78 is 15.0. The first-order valence-electron chi connectivity index (χ1n) is 24.7. The quantitative estimate of drug-likeness (QED) is 0.122. The number of allylic oxidation sites excluding steroid dienone is 1. The molecule has 6 aromatic rings. The number of benzene rings is 5. The molecule has 0 radical (unpaired) electrons. The predicted molar refractivity (Wildman–Crippen MR) is 263 cm³/mol. The fourth-order valence-electron chi connectivity index (χ4n) is 13.9. The number of hydrogen-bond donors (Lipinski definition) is 1.